The summed E-state index contributed by atoms with van der Waals surface area (Å²) in [6, 6.07) is -0.799. The van der Waals surface area contributed by atoms with E-state index in [0.717, 1.165) is 13.8 Å². The lowest BCUT2D eigenvalue weighted by atomic mass is 9.81. The molecule has 2 nitrogen and oxygen atoms in total. The zero-order chi connectivity index (χ0) is 45.0. The fourth-order valence-corrected chi connectivity index (χ4v) is 5.08. The van der Waals surface area contributed by atoms with Crippen LogP contribution in [0.15, 0.2) is 24.3 Å². The Morgan fingerprint density at radius 2 is 0.732 bits per heavy atom. The summed E-state index contributed by atoms with van der Waals surface area (Å²) >= 11 is 0. The largest absolute Gasteiger partial charge is 0.430 e. The Balaban J connectivity index is 0.000000560. The van der Waals surface area contributed by atoms with Crippen molar-refractivity contribution in [1.82, 2.24) is 0 Å². The summed E-state index contributed by atoms with van der Waals surface area (Å²) < 4.78 is 316. The molecule has 2 aromatic rings. The molecule has 0 bridgehead atoms. The average molecular weight is 872 g/mol. The summed E-state index contributed by atoms with van der Waals surface area (Å²) in [4.78, 5) is 0. The molecule has 0 fully saturated rings. The van der Waals surface area contributed by atoms with Gasteiger partial charge in [-0.3, -0.25) is 0 Å². The van der Waals surface area contributed by atoms with Crippen molar-refractivity contribution in [3.8, 4) is 0 Å². The summed E-state index contributed by atoms with van der Waals surface area (Å²) in [6.45, 7) is 4.74. The first-order chi connectivity index (χ1) is 24.4. The second-order valence-corrected chi connectivity index (χ2v) is 12.0. The minimum atomic E-state index is -6.93. The predicted molar refractivity (Wildman–Crippen MR) is 142 cm³/mol. The molecule has 56 heavy (non-hydrogen) atoms. The van der Waals surface area contributed by atoms with Crippen LogP contribution in [0.2, 0.25) is 0 Å². The van der Waals surface area contributed by atoms with Crippen molar-refractivity contribution in [2.45, 2.75) is 113 Å². The summed E-state index contributed by atoms with van der Waals surface area (Å²) in [7, 11) is 0. The van der Waals surface area contributed by atoms with Gasteiger partial charge in [-0.1, -0.05) is 39.8 Å². The number of hydrogen-bond acceptors (Lipinski definition) is 2. The molecule has 0 heterocycles. The highest BCUT2D eigenvalue weighted by Gasteiger charge is 2.75. The first kappa shape index (κ1) is 50.7. The van der Waals surface area contributed by atoms with Crippen LogP contribution in [0.25, 0.3) is 0 Å². The molecule has 324 valence electrons. The maximum Gasteiger partial charge on any atom is 0.430 e. The Kier molecular flexibility index (Phi) is 14.0. The highest BCUT2D eigenvalue weighted by Crippen LogP contribution is 2.58. The number of aliphatic hydroxyl groups is 2. The minimum absolute atomic E-state index is 0.0588. The van der Waals surface area contributed by atoms with Gasteiger partial charge in [-0.2, -0.15) is 105 Å². The van der Waals surface area contributed by atoms with Gasteiger partial charge in [0.25, 0.3) is 11.2 Å². The topological polar surface area (TPSA) is 40.5 Å². The zero-order valence-electron chi connectivity index (χ0n) is 27.8. The van der Waals surface area contributed by atoms with Gasteiger partial charge in [0.2, 0.25) is 0 Å². The van der Waals surface area contributed by atoms with E-state index in [0.29, 0.717) is 0 Å². The third kappa shape index (κ3) is 9.68. The van der Waals surface area contributed by atoms with Crippen molar-refractivity contribution in [2.24, 2.45) is 0 Å². The molecular formula is C30H24F24O2. The molecule has 0 saturated heterocycles. The molecular weight excluding hydrogens is 848 g/mol. The molecule has 0 amide bonds. The third-order valence-corrected chi connectivity index (χ3v) is 8.29. The number of rotatable bonds is 6. The van der Waals surface area contributed by atoms with E-state index in [9.17, 15) is 116 Å². The molecule has 0 aliphatic rings. The molecule has 0 aliphatic heterocycles. The Labute approximate surface area is 298 Å². The zero-order valence-corrected chi connectivity index (χ0v) is 27.8. The molecule has 2 unspecified atom stereocenters. The van der Waals surface area contributed by atoms with Gasteiger partial charge < -0.3 is 10.2 Å². The van der Waals surface area contributed by atoms with Crippen LogP contribution in [-0.2, 0) is 35.9 Å². The molecule has 0 aromatic heterocycles. The van der Waals surface area contributed by atoms with E-state index < -0.39 is 123 Å². The van der Waals surface area contributed by atoms with Crippen molar-refractivity contribution in [3.05, 3.63) is 68.8 Å². The quantitative estimate of drug-likeness (QED) is 0.284. The number of alkyl halides is 24. The Morgan fingerprint density at radius 1 is 0.411 bits per heavy atom. The van der Waals surface area contributed by atoms with Crippen molar-refractivity contribution < 1.29 is 116 Å². The van der Waals surface area contributed by atoms with Gasteiger partial charge in [0.05, 0.1) is 22.3 Å². The Bertz CT molecular complexity index is 1600. The van der Waals surface area contributed by atoms with E-state index >= 15 is 0 Å². The monoisotopic (exact) mass is 872 g/mol. The van der Waals surface area contributed by atoms with Gasteiger partial charge in [-0.15, -0.1) is 0 Å². The summed E-state index contributed by atoms with van der Waals surface area (Å²) in [6.07, 6.45) is -52.0. The van der Waals surface area contributed by atoms with Crippen LogP contribution in [0.5, 0.6) is 0 Å². The smallest absolute Gasteiger partial charge is 0.369 e. The van der Waals surface area contributed by atoms with E-state index in [1.165, 1.54) is 13.8 Å². The van der Waals surface area contributed by atoms with Crippen LogP contribution >= 0.6 is 0 Å². The molecule has 26 heteroatoms. The number of halogens is 24. The third-order valence-electron chi connectivity index (χ3n) is 8.29. The molecule has 2 N–H and O–H groups in total. The van der Waals surface area contributed by atoms with Crippen LogP contribution in [0.4, 0.5) is 105 Å². The van der Waals surface area contributed by atoms with E-state index in [4.69, 9.17) is 0 Å². The first-order valence-corrected chi connectivity index (χ1v) is 14.8. The van der Waals surface area contributed by atoms with Crippen molar-refractivity contribution in [2.75, 3.05) is 0 Å². The standard InChI is InChI=1S/2C15H12F12O/c1-3-6(2)7-4-8(12(16,17)18)10(9(5-7)13(19,20)21)11(28,14(22,23)24)15(25,26)27;1-3-6(2)7-4-5-8(11(28,14(22,23)24)15(25,26)27)10(13(19,20)21)9(7)12(16,17)18/h2*4-6,28H,3H2,1-2H3. The van der Waals surface area contributed by atoms with Crippen molar-refractivity contribution in [3.63, 3.8) is 0 Å². The molecule has 2 rings (SSSR count). The SMILES string of the molecule is CCC(C)c1cc(C(F)(F)F)c(C(O)(C(F)(F)F)C(F)(F)F)c(C(F)(F)F)c1.CCC(C)c1ccc(C(O)(C(F)(F)F)C(F)(F)F)c(C(F)(F)F)c1C(F)(F)F. The van der Waals surface area contributed by atoms with E-state index in [1.54, 1.807) is 0 Å². The van der Waals surface area contributed by atoms with E-state index in [2.05, 4.69) is 0 Å². The lowest BCUT2D eigenvalue weighted by Gasteiger charge is -2.36. The van der Waals surface area contributed by atoms with Crippen LogP contribution in [0.3, 0.4) is 0 Å². The summed E-state index contributed by atoms with van der Waals surface area (Å²) in [5.41, 5.74) is -32.5. The van der Waals surface area contributed by atoms with Gasteiger partial charge in [0.1, 0.15) is 0 Å². The molecule has 0 spiro atoms. The van der Waals surface area contributed by atoms with Gasteiger partial charge in [-0.25, -0.2) is 0 Å². The fourth-order valence-electron chi connectivity index (χ4n) is 5.08. The highest BCUT2D eigenvalue weighted by molar-refractivity contribution is 5.50. The first-order valence-electron chi connectivity index (χ1n) is 14.8. The van der Waals surface area contributed by atoms with E-state index in [1.807, 2.05) is 0 Å². The molecule has 2 aromatic carbocycles. The number of benzene rings is 2. The molecule has 0 radical (unpaired) electrons. The minimum Gasteiger partial charge on any atom is -0.369 e. The van der Waals surface area contributed by atoms with Gasteiger partial charge in [0.15, 0.2) is 0 Å². The molecule has 2 atom stereocenters. The normalized spacial score (nSPS) is 15.7. The molecule has 0 aliphatic carbocycles. The number of hydrogen-bond donors (Lipinski definition) is 2. The highest BCUT2D eigenvalue weighted by atomic mass is 19.4. The average Bonchev–Trinajstić information content (AvgIpc) is 2.98. The Hall–Kier alpha value is -3.32. The maximum absolute atomic E-state index is 13.4. The fraction of sp³-hybridized carbons (Fsp3) is 0.600. The van der Waals surface area contributed by atoms with Crippen LogP contribution in [-0.4, -0.2) is 34.9 Å². The summed E-state index contributed by atoms with van der Waals surface area (Å²) in [5.74, 6) is -2.34. The van der Waals surface area contributed by atoms with Crippen LogP contribution < -0.4 is 0 Å². The second kappa shape index (κ2) is 15.5. The Morgan fingerprint density at radius 3 is 0.982 bits per heavy atom. The second-order valence-electron chi connectivity index (χ2n) is 12.0. The van der Waals surface area contributed by atoms with Crippen molar-refractivity contribution in [1.29, 1.82) is 0 Å². The van der Waals surface area contributed by atoms with Gasteiger partial charge in [-0.05, 0) is 47.9 Å². The van der Waals surface area contributed by atoms with Gasteiger partial charge >= 0.3 is 49.4 Å². The van der Waals surface area contributed by atoms with Crippen LogP contribution in [0.1, 0.15) is 96.9 Å². The van der Waals surface area contributed by atoms with Gasteiger partial charge in [0, 0.05) is 11.1 Å². The lowest BCUT2D eigenvalue weighted by molar-refractivity contribution is -0.378. The van der Waals surface area contributed by atoms with E-state index in [-0.39, 0.29) is 31.0 Å². The predicted octanol–water partition coefficient (Wildman–Crippen LogP) is 13.1. The van der Waals surface area contributed by atoms with Crippen molar-refractivity contribution >= 4 is 0 Å². The van der Waals surface area contributed by atoms with Crippen LogP contribution in [0, 0.1) is 0 Å². The molecule has 0 saturated carbocycles. The lowest BCUT2D eigenvalue weighted by Crippen LogP contribution is -2.55. The summed E-state index contributed by atoms with van der Waals surface area (Å²) in [5, 5.41) is 18.5. The maximum atomic E-state index is 13.4.